The van der Waals surface area contributed by atoms with Gasteiger partial charge in [0.25, 0.3) is 0 Å². The SMILES string of the molecule is Oc1ncn2c1C=NCN2. The van der Waals surface area contributed by atoms with E-state index in [1.54, 1.807) is 10.9 Å². The standard InChI is InChI=1S/C5H6N4O/c10-5-4-1-6-2-8-9(4)3-7-5/h1,3,8,10H,2H2. The van der Waals surface area contributed by atoms with E-state index >= 15 is 0 Å². The number of imidazole rings is 1. The summed E-state index contributed by atoms with van der Waals surface area (Å²) in [5, 5.41) is 9.03. The fraction of sp³-hybridized carbons (Fsp3) is 0.200. The van der Waals surface area contributed by atoms with Crippen LogP contribution in [0.15, 0.2) is 11.3 Å². The van der Waals surface area contributed by atoms with Crippen molar-refractivity contribution in [1.29, 1.82) is 0 Å². The first-order valence-electron chi connectivity index (χ1n) is 2.88. The summed E-state index contributed by atoms with van der Waals surface area (Å²) >= 11 is 0. The Bertz CT molecular complexity index is 277. The minimum atomic E-state index is 0.0101. The fourth-order valence-electron chi connectivity index (χ4n) is 0.844. The van der Waals surface area contributed by atoms with Crippen LogP contribution in [0.4, 0.5) is 0 Å². The third-order valence-electron chi connectivity index (χ3n) is 1.33. The lowest BCUT2D eigenvalue weighted by molar-refractivity contribution is 0.454. The van der Waals surface area contributed by atoms with E-state index in [0.717, 1.165) is 0 Å². The second-order valence-corrected chi connectivity index (χ2v) is 1.95. The number of rotatable bonds is 0. The smallest absolute Gasteiger partial charge is 0.240 e. The van der Waals surface area contributed by atoms with E-state index in [-0.39, 0.29) is 5.88 Å². The van der Waals surface area contributed by atoms with Crippen molar-refractivity contribution in [2.75, 3.05) is 12.1 Å². The Labute approximate surface area is 57.0 Å². The molecule has 10 heavy (non-hydrogen) atoms. The molecule has 0 fully saturated rings. The molecule has 0 unspecified atom stereocenters. The molecule has 0 spiro atoms. The molecule has 2 N–H and O–H groups in total. The lowest BCUT2D eigenvalue weighted by atomic mass is 10.5. The van der Waals surface area contributed by atoms with Gasteiger partial charge < -0.3 is 10.5 Å². The first-order valence-corrected chi connectivity index (χ1v) is 2.88. The zero-order valence-electron chi connectivity index (χ0n) is 5.15. The highest BCUT2D eigenvalue weighted by molar-refractivity contribution is 5.81. The van der Waals surface area contributed by atoms with Crippen LogP contribution in [0.2, 0.25) is 0 Å². The number of hydrogen-bond donors (Lipinski definition) is 2. The Balaban J connectivity index is 2.57. The third kappa shape index (κ3) is 0.570. The number of hydrogen-bond acceptors (Lipinski definition) is 4. The average molecular weight is 138 g/mol. The second kappa shape index (κ2) is 1.73. The van der Waals surface area contributed by atoms with Crippen molar-refractivity contribution in [2.24, 2.45) is 4.99 Å². The van der Waals surface area contributed by atoms with Crippen LogP contribution in [0.3, 0.4) is 0 Å². The fourth-order valence-corrected chi connectivity index (χ4v) is 0.844. The molecular weight excluding hydrogens is 132 g/mol. The average Bonchev–Trinajstić information content (AvgIpc) is 2.34. The molecule has 0 amide bonds. The van der Waals surface area contributed by atoms with Gasteiger partial charge in [-0.3, -0.25) is 4.99 Å². The maximum Gasteiger partial charge on any atom is 0.240 e. The largest absolute Gasteiger partial charge is 0.492 e. The molecule has 0 saturated carbocycles. The van der Waals surface area contributed by atoms with Gasteiger partial charge in [0.1, 0.15) is 18.7 Å². The quantitative estimate of drug-likeness (QED) is 0.509. The van der Waals surface area contributed by atoms with Gasteiger partial charge in [0.05, 0.1) is 6.21 Å². The molecule has 0 radical (unpaired) electrons. The number of aromatic hydroxyl groups is 1. The third-order valence-corrected chi connectivity index (χ3v) is 1.33. The molecule has 0 atom stereocenters. The van der Waals surface area contributed by atoms with Gasteiger partial charge in [-0.05, 0) is 0 Å². The Morgan fingerprint density at radius 2 is 2.60 bits per heavy atom. The number of aliphatic imine (C=N–C) groups is 1. The van der Waals surface area contributed by atoms with E-state index < -0.39 is 0 Å². The van der Waals surface area contributed by atoms with Crippen molar-refractivity contribution in [3.63, 3.8) is 0 Å². The van der Waals surface area contributed by atoms with E-state index in [0.29, 0.717) is 12.4 Å². The van der Waals surface area contributed by atoms with Crippen LogP contribution in [0.1, 0.15) is 5.69 Å². The van der Waals surface area contributed by atoms with E-state index in [1.165, 1.54) is 6.33 Å². The van der Waals surface area contributed by atoms with Gasteiger partial charge in [-0.15, -0.1) is 0 Å². The van der Waals surface area contributed by atoms with E-state index in [4.69, 9.17) is 5.11 Å². The van der Waals surface area contributed by atoms with Gasteiger partial charge in [-0.1, -0.05) is 0 Å². The number of nitrogens with zero attached hydrogens (tertiary/aromatic N) is 3. The molecule has 0 aliphatic carbocycles. The lowest BCUT2D eigenvalue weighted by Gasteiger charge is -2.09. The molecule has 1 aromatic heterocycles. The summed E-state index contributed by atoms with van der Waals surface area (Å²) in [5.41, 5.74) is 3.48. The van der Waals surface area contributed by atoms with Crippen LogP contribution in [-0.2, 0) is 0 Å². The lowest BCUT2D eigenvalue weighted by Crippen LogP contribution is -2.20. The zero-order chi connectivity index (χ0) is 6.97. The van der Waals surface area contributed by atoms with Crippen LogP contribution in [0.5, 0.6) is 5.88 Å². The monoisotopic (exact) mass is 138 g/mol. The second-order valence-electron chi connectivity index (χ2n) is 1.95. The number of nitrogens with one attached hydrogen (secondary N) is 1. The minimum Gasteiger partial charge on any atom is -0.492 e. The Hall–Kier alpha value is -1.52. The van der Waals surface area contributed by atoms with Crippen LogP contribution in [0, 0.1) is 0 Å². The Kier molecular flexibility index (Phi) is 0.913. The Morgan fingerprint density at radius 3 is 3.40 bits per heavy atom. The maximum absolute atomic E-state index is 9.03. The van der Waals surface area contributed by atoms with Gasteiger partial charge in [0.15, 0.2) is 0 Å². The van der Waals surface area contributed by atoms with Gasteiger partial charge in [-0.25, -0.2) is 9.66 Å². The highest BCUT2D eigenvalue weighted by atomic mass is 16.3. The molecule has 0 saturated heterocycles. The van der Waals surface area contributed by atoms with Crippen LogP contribution < -0.4 is 5.43 Å². The van der Waals surface area contributed by atoms with Crippen LogP contribution in [-0.4, -0.2) is 27.6 Å². The van der Waals surface area contributed by atoms with Crippen molar-refractivity contribution in [1.82, 2.24) is 9.66 Å². The van der Waals surface area contributed by atoms with Gasteiger partial charge in [-0.2, -0.15) is 0 Å². The normalized spacial score (nSPS) is 14.4. The van der Waals surface area contributed by atoms with Crippen molar-refractivity contribution in [3.8, 4) is 5.88 Å². The predicted octanol–water partition coefficient (Wildman–Crippen LogP) is -0.478. The van der Waals surface area contributed by atoms with E-state index in [2.05, 4.69) is 15.4 Å². The molecule has 1 aromatic rings. The summed E-state index contributed by atoms with van der Waals surface area (Å²) in [7, 11) is 0. The van der Waals surface area contributed by atoms with Crippen molar-refractivity contribution < 1.29 is 5.11 Å². The molecule has 0 bridgehead atoms. The molecule has 0 aromatic carbocycles. The molecule has 2 rings (SSSR count). The van der Waals surface area contributed by atoms with E-state index in [1.807, 2.05) is 0 Å². The van der Waals surface area contributed by atoms with Crippen molar-refractivity contribution >= 4 is 6.21 Å². The predicted molar refractivity (Wildman–Crippen MR) is 35.7 cm³/mol. The van der Waals surface area contributed by atoms with Gasteiger partial charge >= 0.3 is 0 Å². The minimum absolute atomic E-state index is 0.0101. The van der Waals surface area contributed by atoms with Gasteiger partial charge in [0.2, 0.25) is 5.88 Å². The summed E-state index contributed by atoms with van der Waals surface area (Å²) < 4.78 is 1.63. The molecule has 1 aliphatic rings. The zero-order valence-corrected chi connectivity index (χ0v) is 5.15. The summed E-state index contributed by atoms with van der Waals surface area (Å²) in [6, 6.07) is 0. The van der Waals surface area contributed by atoms with E-state index in [9.17, 15) is 0 Å². The summed E-state index contributed by atoms with van der Waals surface area (Å²) in [5.74, 6) is 0.0101. The molecule has 5 nitrogen and oxygen atoms in total. The molecule has 52 valence electrons. The van der Waals surface area contributed by atoms with Crippen molar-refractivity contribution in [2.45, 2.75) is 0 Å². The summed E-state index contributed by atoms with van der Waals surface area (Å²) in [6.45, 7) is 0.531. The molecule has 2 heterocycles. The highest BCUT2D eigenvalue weighted by Gasteiger charge is 2.08. The Morgan fingerprint density at radius 1 is 1.70 bits per heavy atom. The van der Waals surface area contributed by atoms with Crippen molar-refractivity contribution in [3.05, 3.63) is 12.0 Å². The van der Waals surface area contributed by atoms with Gasteiger partial charge in [0, 0.05) is 0 Å². The van der Waals surface area contributed by atoms with Crippen LogP contribution >= 0.6 is 0 Å². The number of fused-ring (bicyclic) bond motifs is 1. The molecule has 5 heteroatoms. The number of aromatic nitrogens is 2. The summed E-state index contributed by atoms with van der Waals surface area (Å²) in [4.78, 5) is 7.56. The first kappa shape index (κ1) is 5.28. The summed E-state index contributed by atoms with van der Waals surface area (Å²) in [6.07, 6.45) is 3.09. The highest BCUT2D eigenvalue weighted by Crippen LogP contribution is 2.11. The first-order chi connectivity index (χ1) is 4.88. The molecular formula is C5H6N4O. The van der Waals surface area contributed by atoms with Crippen LogP contribution in [0.25, 0.3) is 0 Å². The molecule has 1 aliphatic heterocycles. The topological polar surface area (TPSA) is 62.4 Å². The maximum atomic E-state index is 9.03.